The van der Waals surface area contributed by atoms with E-state index in [1.165, 1.54) is 11.5 Å². The molecule has 118 valence electrons. The molecule has 0 saturated carbocycles. The Morgan fingerprint density at radius 2 is 2.04 bits per heavy atom. The highest BCUT2D eigenvalue weighted by Crippen LogP contribution is 2.46. The average molecular weight is 342 g/mol. The van der Waals surface area contributed by atoms with Crippen LogP contribution in [-0.2, 0) is 5.41 Å². The Kier molecular flexibility index (Phi) is 3.67. The Hall–Kier alpha value is -1.42. The van der Waals surface area contributed by atoms with E-state index in [0.29, 0.717) is 23.1 Å². The zero-order chi connectivity index (χ0) is 16.0. The van der Waals surface area contributed by atoms with Gasteiger partial charge in [0, 0.05) is 47.6 Å². The van der Waals surface area contributed by atoms with Gasteiger partial charge >= 0.3 is 0 Å². The van der Waals surface area contributed by atoms with Gasteiger partial charge in [-0.3, -0.25) is 9.88 Å². The number of thiocarbonyl (C=S) groups is 1. The van der Waals surface area contributed by atoms with E-state index < -0.39 is 5.41 Å². The number of nitrogens with two attached hydrogens (primary N) is 1. The Morgan fingerprint density at radius 3 is 2.57 bits per heavy atom. The van der Waals surface area contributed by atoms with Gasteiger partial charge in [-0.25, -0.2) is 0 Å². The molecule has 1 unspecified atom stereocenters. The van der Waals surface area contributed by atoms with Crippen molar-refractivity contribution in [2.75, 3.05) is 11.5 Å². The lowest BCUT2D eigenvalue weighted by Gasteiger charge is -2.49. The molecule has 23 heavy (non-hydrogen) atoms. The number of pyridine rings is 1. The minimum absolute atomic E-state index is 0.331. The van der Waals surface area contributed by atoms with E-state index in [9.17, 15) is 5.26 Å². The van der Waals surface area contributed by atoms with Crippen LogP contribution in [0.2, 0.25) is 0 Å². The van der Waals surface area contributed by atoms with Crippen LogP contribution in [0.15, 0.2) is 30.6 Å². The smallest absolute Gasteiger partial charge is 0.105 e. The first-order valence-corrected chi connectivity index (χ1v) is 9.39. The molecule has 4 rings (SSSR count). The third kappa shape index (κ3) is 2.38. The molecule has 0 spiro atoms. The second-order valence-corrected chi connectivity index (χ2v) is 8.10. The highest BCUT2D eigenvalue weighted by molar-refractivity contribution is 8.00. The summed E-state index contributed by atoms with van der Waals surface area (Å²) in [7, 11) is 0. The van der Waals surface area contributed by atoms with Gasteiger partial charge in [0.25, 0.3) is 0 Å². The van der Waals surface area contributed by atoms with Crippen molar-refractivity contribution in [2.24, 2.45) is 5.73 Å². The summed E-state index contributed by atoms with van der Waals surface area (Å²) < 4.78 is 0. The monoisotopic (exact) mass is 342 g/mol. The third-order valence-corrected chi connectivity index (χ3v) is 6.74. The van der Waals surface area contributed by atoms with Crippen molar-refractivity contribution in [2.45, 2.75) is 36.4 Å². The Balaban J connectivity index is 1.66. The maximum atomic E-state index is 9.99. The molecule has 3 atom stereocenters. The van der Waals surface area contributed by atoms with Gasteiger partial charge in [0.15, 0.2) is 0 Å². The van der Waals surface area contributed by atoms with Gasteiger partial charge in [0.05, 0.1) is 11.5 Å². The third-order valence-electron chi connectivity index (χ3n) is 5.27. The van der Waals surface area contributed by atoms with Gasteiger partial charge in [-0.2, -0.15) is 17.0 Å². The van der Waals surface area contributed by atoms with E-state index in [-0.39, 0.29) is 0 Å². The van der Waals surface area contributed by atoms with E-state index in [4.69, 9.17) is 18.0 Å². The second kappa shape index (κ2) is 5.59. The molecule has 0 aliphatic carbocycles. The molecule has 2 fully saturated rings. The van der Waals surface area contributed by atoms with Gasteiger partial charge in [-0.15, -0.1) is 0 Å². The molecule has 2 saturated heterocycles. The molecule has 6 heteroatoms. The highest BCUT2D eigenvalue weighted by atomic mass is 32.2. The Morgan fingerprint density at radius 1 is 1.35 bits per heavy atom. The molecule has 4 heterocycles. The van der Waals surface area contributed by atoms with Crippen LogP contribution in [0.5, 0.6) is 0 Å². The largest absolute Gasteiger partial charge is 0.389 e. The molecule has 4 nitrogen and oxygen atoms in total. The number of nitrogens with zero attached hydrogens (tertiary/aromatic N) is 3. The summed E-state index contributed by atoms with van der Waals surface area (Å²) in [5.74, 6) is 2.43. The predicted molar refractivity (Wildman–Crippen MR) is 96.3 cm³/mol. The van der Waals surface area contributed by atoms with Crippen molar-refractivity contribution in [1.82, 2.24) is 9.88 Å². The van der Waals surface area contributed by atoms with E-state index in [1.54, 1.807) is 12.4 Å². The number of rotatable bonds is 3. The van der Waals surface area contributed by atoms with E-state index >= 15 is 0 Å². The van der Waals surface area contributed by atoms with Gasteiger partial charge in [-0.05, 0) is 24.5 Å². The average Bonchev–Trinajstić information content (AvgIpc) is 2.77. The lowest BCUT2D eigenvalue weighted by Crippen LogP contribution is -2.57. The van der Waals surface area contributed by atoms with Crippen molar-refractivity contribution < 1.29 is 0 Å². The minimum Gasteiger partial charge on any atom is -0.389 e. The minimum atomic E-state index is -0.500. The van der Waals surface area contributed by atoms with Gasteiger partial charge < -0.3 is 5.73 Å². The number of nitriles is 1. The molecule has 0 aromatic carbocycles. The summed E-state index contributed by atoms with van der Waals surface area (Å²) in [5.41, 5.74) is 6.93. The fourth-order valence-electron chi connectivity index (χ4n) is 4.01. The summed E-state index contributed by atoms with van der Waals surface area (Å²) in [4.78, 5) is 7.21. The summed E-state index contributed by atoms with van der Waals surface area (Å²) in [5, 5.41) is 9.99. The normalized spacial score (nSPS) is 33.2. The van der Waals surface area contributed by atoms with Crippen molar-refractivity contribution in [1.29, 1.82) is 5.26 Å². The van der Waals surface area contributed by atoms with E-state index in [0.717, 1.165) is 24.0 Å². The van der Waals surface area contributed by atoms with Crippen LogP contribution < -0.4 is 5.73 Å². The topological polar surface area (TPSA) is 65.9 Å². The lowest BCUT2D eigenvalue weighted by molar-refractivity contribution is 0.0868. The van der Waals surface area contributed by atoms with Crippen molar-refractivity contribution in [3.05, 3.63) is 41.7 Å². The summed E-state index contributed by atoms with van der Waals surface area (Å²) in [6, 6.07) is 5.93. The number of fused-ring (bicyclic) bond motifs is 2. The zero-order valence-corrected chi connectivity index (χ0v) is 14.3. The summed E-state index contributed by atoms with van der Waals surface area (Å²) in [6.07, 6.45) is 9.69. The van der Waals surface area contributed by atoms with Gasteiger partial charge in [-0.1, -0.05) is 24.4 Å². The number of piperidine rings is 1. The van der Waals surface area contributed by atoms with Crippen LogP contribution in [0.4, 0.5) is 0 Å². The Bertz CT molecular complexity index is 704. The molecule has 0 radical (unpaired) electrons. The molecule has 0 amide bonds. The van der Waals surface area contributed by atoms with Gasteiger partial charge in [0.2, 0.25) is 0 Å². The van der Waals surface area contributed by atoms with Crippen molar-refractivity contribution in [3.63, 3.8) is 0 Å². The Labute approximate surface area is 145 Å². The highest BCUT2D eigenvalue weighted by Gasteiger charge is 2.50. The number of hydrogen-bond acceptors (Lipinski definition) is 5. The van der Waals surface area contributed by atoms with Crippen molar-refractivity contribution in [3.8, 4) is 6.07 Å². The summed E-state index contributed by atoms with van der Waals surface area (Å²) >= 11 is 7.07. The number of hydrogen-bond donors (Lipinski definition) is 1. The molecular formula is C17H18N4S2. The van der Waals surface area contributed by atoms with Crippen molar-refractivity contribution >= 4 is 29.0 Å². The van der Waals surface area contributed by atoms with E-state index in [2.05, 4.69) is 28.1 Å². The molecule has 2 N–H and O–H groups in total. The predicted octanol–water partition coefficient (Wildman–Crippen LogP) is 2.00. The number of aromatic nitrogens is 1. The first-order valence-electron chi connectivity index (χ1n) is 7.83. The van der Waals surface area contributed by atoms with Crippen LogP contribution in [0.3, 0.4) is 0 Å². The van der Waals surface area contributed by atoms with Gasteiger partial charge in [0.1, 0.15) is 4.99 Å². The quantitative estimate of drug-likeness (QED) is 0.669. The molecule has 2 bridgehead atoms. The van der Waals surface area contributed by atoms with Crippen LogP contribution >= 0.6 is 24.0 Å². The molecule has 3 aliphatic heterocycles. The lowest BCUT2D eigenvalue weighted by atomic mass is 9.70. The second-order valence-electron chi connectivity index (χ2n) is 6.59. The number of thioether (sulfide) groups is 1. The SMILES string of the molecule is N#CC1(c2cncc(C(N)=S)c2)C[C@H]2C=C[C@@H](C1)N2C1CSC1. The van der Waals surface area contributed by atoms with Crippen LogP contribution in [0.1, 0.15) is 24.0 Å². The molecule has 1 aromatic heterocycles. The van der Waals surface area contributed by atoms with E-state index in [1.807, 2.05) is 17.8 Å². The van der Waals surface area contributed by atoms with Crippen LogP contribution in [0.25, 0.3) is 0 Å². The fourth-order valence-corrected chi connectivity index (χ4v) is 4.91. The van der Waals surface area contributed by atoms with Crippen LogP contribution in [-0.4, -0.2) is 44.5 Å². The molecule has 3 aliphatic rings. The maximum absolute atomic E-state index is 9.99. The zero-order valence-electron chi connectivity index (χ0n) is 12.7. The fraction of sp³-hybridized carbons (Fsp3) is 0.471. The first kappa shape index (κ1) is 15.1. The maximum Gasteiger partial charge on any atom is 0.105 e. The first-order chi connectivity index (χ1) is 11.1. The summed E-state index contributed by atoms with van der Waals surface area (Å²) in [6.45, 7) is 0. The standard InChI is InChI=1S/C17H18N4S2/c18-10-17(12-3-11(16(19)22)6-20-7-12)4-13-1-2-14(5-17)21(13)15-8-23-9-15/h1-3,6-7,13-15H,4-5,8-9H2,(H2,19,22)/t13-,14+,17?. The molecule has 1 aromatic rings. The van der Waals surface area contributed by atoms with Crippen LogP contribution in [0, 0.1) is 11.3 Å². The molecular weight excluding hydrogens is 324 g/mol.